The molecular weight excluding hydrogens is 623 g/mol. The van der Waals surface area contributed by atoms with E-state index < -0.39 is 0 Å². The monoisotopic (exact) mass is 653 g/mol. The molecule has 0 amide bonds. The standard InChI is InChI=1S/C47H31N3O/c1-47(2)38-27-41-37(26-36(38)33-24-25-34-32-15-8-11-19-42(32)51-45(34)43(33)47)31-14-7-10-18-40(31)50(41)30-22-20-29(21-23-30)46-48-39-17-9-6-16-35(39)44(49-46)28-12-4-3-5-13-28/h3-27H,1-2H3. The Morgan fingerprint density at radius 2 is 1.25 bits per heavy atom. The number of benzene rings is 7. The third-order valence-corrected chi connectivity index (χ3v) is 11.0. The number of fused-ring (bicyclic) bond motifs is 11. The van der Waals surface area contributed by atoms with E-state index in [9.17, 15) is 0 Å². The number of para-hydroxylation sites is 3. The number of furan rings is 1. The van der Waals surface area contributed by atoms with Crippen molar-refractivity contribution in [1.29, 1.82) is 0 Å². The molecule has 3 aromatic heterocycles. The predicted octanol–water partition coefficient (Wildman–Crippen LogP) is 12.3. The average Bonchev–Trinajstić information content (AvgIpc) is 3.79. The molecule has 11 rings (SSSR count). The van der Waals surface area contributed by atoms with Crippen molar-refractivity contribution < 1.29 is 4.42 Å². The number of aromatic nitrogens is 3. The molecule has 4 heteroatoms. The van der Waals surface area contributed by atoms with Gasteiger partial charge in [0.15, 0.2) is 5.82 Å². The molecule has 0 aliphatic heterocycles. The first-order valence-corrected chi connectivity index (χ1v) is 17.5. The van der Waals surface area contributed by atoms with Crippen LogP contribution in [0.1, 0.15) is 25.0 Å². The van der Waals surface area contributed by atoms with Crippen LogP contribution >= 0.6 is 0 Å². The molecule has 10 aromatic rings. The maximum absolute atomic E-state index is 6.59. The van der Waals surface area contributed by atoms with Crippen LogP contribution in [0.4, 0.5) is 0 Å². The number of hydrogen-bond acceptors (Lipinski definition) is 3. The zero-order valence-corrected chi connectivity index (χ0v) is 28.2. The molecule has 51 heavy (non-hydrogen) atoms. The summed E-state index contributed by atoms with van der Waals surface area (Å²) < 4.78 is 9.00. The highest BCUT2D eigenvalue weighted by atomic mass is 16.3. The SMILES string of the molecule is CC1(C)c2cc3c(cc2-c2ccc4c(oc5ccccc54)c21)c1ccccc1n3-c1ccc(-c2nc(-c3ccccc3)c3ccccc3n2)cc1. The van der Waals surface area contributed by atoms with Gasteiger partial charge >= 0.3 is 0 Å². The third-order valence-electron chi connectivity index (χ3n) is 11.0. The van der Waals surface area contributed by atoms with Crippen molar-refractivity contribution in [1.82, 2.24) is 14.5 Å². The number of nitrogens with zero attached hydrogens (tertiary/aromatic N) is 3. The Morgan fingerprint density at radius 3 is 2.10 bits per heavy atom. The lowest BCUT2D eigenvalue weighted by Gasteiger charge is -2.22. The van der Waals surface area contributed by atoms with Gasteiger partial charge in [0.05, 0.1) is 22.2 Å². The normalized spacial score (nSPS) is 13.5. The van der Waals surface area contributed by atoms with Crippen LogP contribution in [0.5, 0.6) is 0 Å². The average molecular weight is 654 g/mol. The summed E-state index contributed by atoms with van der Waals surface area (Å²) >= 11 is 0. The van der Waals surface area contributed by atoms with E-state index in [0.29, 0.717) is 0 Å². The van der Waals surface area contributed by atoms with Gasteiger partial charge in [0.25, 0.3) is 0 Å². The Bertz CT molecular complexity index is 3040. The highest BCUT2D eigenvalue weighted by molar-refractivity contribution is 6.14. The summed E-state index contributed by atoms with van der Waals surface area (Å²) in [6, 6.07) is 53.8. The second kappa shape index (κ2) is 10.3. The Labute approximate surface area is 294 Å². The van der Waals surface area contributed by atoms with Crippen molar-refractivity contribution in [2.45, 2.75) is 19.3 Å². The highest BCUT2D eigenvalue weighted by Gasteiger charge is 2.39. The van der Waals surface area contributed by atoms with Crippen LogP contribution in [0.25, 0.3) is 94.1 Å². The quantitative estimate of drug-likeness (QED) is 0.191. The fraction of sp³-hybridized carbons (Fsp3) is 0.0638. The zero-order valence-electron chi connectivity index (χ0n) is 28.2. The summed E-state index contributed by atoms with van der Waals surface area (Å²) in [6.45, 7) is 4.68. The van der Waals surface area contributed by atoms with Gasteiger partial charge in [0.2, 0.25) is 0 Å². The van der Waals surface area contributed by atoms with Gasteiger partial charge in [-0.05, 0) is 77.4 Å². The van der Waals surface area contributed by atoms with Crippen LogP contribution in [-0.2, 0) is 5.41 Å². The molecule has 4 nitrogen and oxygen atoms in total. The smallest absolute Gasteiger partial charge is 0.160 e. The molecule has 0 atom stereocenters. The van der Waals surface area contributed by atoms with E-state index in [-0.39, 0.29) is 5.41 Å². The van der Waals surface area contributed by atoms with Crippen LogP contribution in [0.15, 0.2) is 156 Å². The van der Waals surface area contributed by atoms with Crippen LogP contribution < -0.4 is 0 Å². The van der Waals surface area contributed by atoms with Gasteiger partial charge in [0, 0.05) is 54.7 Å². The number of rotatable bonds is 3. The molecule has 3 heterocycles. The number of hydrogen-bond donors (Lipinski definition) is 0. The fourth-order valence-corrected chi connectivity index (χ4v) is 8.58. The van der Waals surface area contributed by atoms with Crippen molar-refractivity contribution in [3.05, 3.63) is 163 Å². The maximum atomic E-state index is 6.59. The first-order chi connectivity index (χ1) is 25.0. The Morgan fingerprint density at radius 1 is 0.529 bits per heavy atom. The molecule has 0 saturated heterocycles. The Kier molecular flexibility index (Phi) is 5.70. The minimum Gasteiger partial charge on any atom is -0.456 e. The molecule has 7 aromatic carbocycles. The summed E-state index contributed by atoms with van der Waals surface area (Å²) in [4.78, 5) is 10.1. The van der Waals surface area contributed by atoms with Gasteiger partial charge in [-0.1, -0.05) is 105 Å². The van der Waals surface area contributed by atoms with Crippen molar-refractivity contribution in [3.8, 4) is 39.5 Å². The zero-order chi connectivity index (χ0) is 33.8. The maximum Gasteiger partial charge on any atom is 0.160 e. The molecule has 240 valence electrons. The summed E-state index contributed by atoms with van der Waals surface area (Å²) in [5.41, 5.74) is 14.2. The van der Waals surface area contributed by atoms with Crippen molar-refractivity contribution in [2.75, 3.05) is 0 Å². The van der Waals surface area contributed by atoms with Gasteiger partial charge in [-0.15, -0.1) is 0 Å². The van der Waals surface area contributed by atoms with Crippen LogP contribution in [0, 0.1) is 0 Å². The molecule has 0 N–H and O–H groups in total. The molecule has 0 fully saturated rings. The summed E-state index contributed by atoms with van der Waals surface area (Å²) in [5.74, 6) is 0.718. The lowest BCUT2D eigenvalue weighted by Crippen LogP contribution is -2.15. The first kappa shape index (κ1) is 28.3. The Balaban J connectivity index is 1.08. The van der Waals surface area contributed by atoms with Gasteiger partial charge in [-0.2, -0.15) is 0 Å². The molecule has 0 unspecified atom stereocenters. The van der Waals surface area contributed by atoms with E-state index in [1.54, 1.807) is 0 Å². The first-order valence-electron chi connectivity index (χ1n) is 17.5. The molecule has 0 spiro atoms. The van der Waals surface area contributed by atoms with Gasteiger partial charge in [-0.3, -0.25) is 0 Å². The minimum absolute atomic E-state index is 0.249. The summed E-state index contributed by atoms with van der Waals surface area (Å²) in [5, 5.41) is 5.87. The summed E-state index contributed by atoms with van der Waals surface area (Å²) in [6.07, 6.45) is 0. The molecule has 0 saturated carbocycles. The predicted molar refractivity (Wildman–Crippen MR) is 210 cm³/mol. The van der Waals surface area contributed by atoms with E-state index in [1.165, 1.54) is 54.8 Å². The molecule has 0 bridgehead atoms. The van der Waals surface area contributed by atoms with Crippen molar-refractivity contribution in [3.63, 3.8) is 0 Å². The van der Waals surface area contributed by atoms with E-state index in [4.69, 9.17) is 14.4 Å². The van der Waals surface area contributed by atoms with Gasteiger partial charge in [-0.25, -0.2) is 9.97 Å². The van der Waals surface area contributed by atoms with Crippen LogP contribution in [0.3, 0.4) is 0 Å². The lowest BCUT2D eigenvalue weighted by atomic mass is 9.81. The molecule has 1 aliphatic carbocycles. The lowest BCUT2D eigenvalue weighted by molar-refractivity contribution is 0.620. The fourth-order valence-electron chi connectivity index (χ4n) is 8.58. The van der Waals surface area contributed by atoms with Crippen molar-refractivity contribution in [2.24, 2.45) is 0 Å². The topological polar surface area (TPSA) is 43.9 Å². The summed E-state index contributed by atoms with van der Waals surface area (Å²) in [7, 11) is 0. The van der Waals surface area contributed by atoms with E-state index in [0.717, 1.165) is 50.4 Å². The van der Waals surface area contributed by atoms with Crippen molar-refractivity contribution >= 4 is 54.6 Å². The molecular formula is C47H31N3O. The van der Waals surface area contributed by atoms with E-state index >= 15 is 0 Å². The van der Waals surface area contributed by atoms with Crippen LogP contribution in [-0.4, -0.2) is 14.5 Å². The van der Waals surface area contributed by atoms with Crippen LogP contribution in [0.2, 0.25) is 0 Å². The van der Waals surface area contributed by atoms with Gasteiger partial charge in [0.1, 0.15) is 11.2 Å². The van der Waals surface area contributed by atoms with Gasteiger partial charge < -0.3 is 8.98 Å². The second-order valence-corrected chi connectivity index (χ2v) is 14.2. The highest BCUT2D eigenvalue weighted by Crippen LogP contribution is 2.54. The Hall–Kier alpha value is -6.52. The molecule has 0 radical (unpaired) electrons. The minimum atomic E-state index is -0.249. The largest absolute Gasteiger partial charge is 0.456 e. The van der Waals surface area contributed by atoms with E-state index in [2.05, 4.69) is 146 Å². The third kappa shape index (κ3) is 3.96. The second-order valence-electron chi connectivity index (χ2n) is 14.2. The molecule has 1 aliphatic rings. The van der Waals surface area contributed by atoms with E-state index in [1.807, 2.05) is 24.3 Å².